The zero-order valence-corrected chi connectivity index (χ0v) is 42.9. The summed E-state index contributed by atoms with van der Waals surface area (Å²) in [7, 11) is 26.3. The molecule has 0 unspecified atom stereocenters. The van der Waals surface area contributed by atoms with E-state index in [0.717, 1.165) is 79.2 Å². The summed E-state index contributed by atoms with van der Waals surface area (Å²) in [4.78, 5) is 11.7. The van der Waals surface area contributed by atoms with Gasteiger partial charge in [0.1, 0.15) is 36.3 Å². The molecule has 15 heteroatoms. The predicted octanol–water partition coefficient (Wildman–Crippen LogP) is 14.3. The van der Waals surface area contributed by atoms with E-state index >= 15 is 0 Å². The van der Waals surface area contributed by atoms with E-state index in [0.29, 0.717) is 11.8 Å². The van der Waals surface area contributed by atoms with Gasteiger partial charge in [-0.1, -0.05) is 107 Å². The number of rotatable bonds is 9. The molecule has 2 aromatic carbocycles. The largest absolute Gasteiger partial charge is 0.269 e. The van der Waals surface area contributed by atoms with Crippen LogP contribution in [0, 0.1) is 11.8 Å². The van der Waals surface area contributed by atoms with Gasteiger partial charge in [-0.15, -0.1) is 45.3 Å². The smallest absolute Gasteiger partial charge is 0.135 e. The van der Waals surface area contributed by atoms with Gasteiger partial charge in [-0.05, 0) is 78.8 Å². The van der Waals surface area contributed by atoms with Crippen LogP contribution in [0.4, 0.5) is 0 Å². The number of hydrogen-bond donors (Lipinski definition) is 0. The zero-order chi connectivity index (χ0) is 44.4. The molecule has 10 rings (SSSR count). The zero-order valence-electron chi connectivity index (χ0n) is 37.2. The second-order valence-corrected chi connectivity index (χ2v) is 27.7. The number of thiophene rings is 4. The van der Waals surface area contributed by atoms with Gasteiger partial charge in [0.15, 0.2) is 0 Å². The van der Waals surface area contributed by atoms with E-state index in [2.05, 4.69) is 132 Å². The molecule has 4 nitrogen and oxygen atoms in total. The lowest BCUT2D eigenvalue weighted by atomic mass is 9.50. The van der Waals surface area contributed by atoms with Crippen LogP contribution in [-0.4, -0.2) is 47.4 Å². The van der Waals surface area contributed by atoms with Gasteiger partial charge in [-0.2, -0.15) is 17.5 Å². The van der Waals surface area contributed by atoms with Crippen molar-refractivity contribution in [3.63, 3.8) is 0 Å². The van der Waals surface area contributed by atoms with Crippen molar-refractivity contribution in [1.29, 1.82) is 0 Å². The van der Waals surface area contributed by atoms with Crippen LogP contribution in [0.5, 0.6) is 0 Å². The van der Waals surface area contributed by atoms with Gasteiger partial charge in [0.05, 0.1) is 48.9 Å². The molecule has 308 valence electrons. The maximum Gasteiger partial charge on any atom is 0.135 e. The fourth-order valence-electron chi connectivity index (χ4n) is 8.85. The Bertz CT molecular complexity index is 3130. The summed E-state index contributed by atoms with van der Waals surface area (Å²) in [5.41, 5.74) is 9.54. The first-order valence-electron chi connectivity index (χ1n) is 21.0. The molecule has 8 radical (unpaired) electrons. The number of nitrogens with zero attached hydrogens (tertiary/aromatic N) is 4. The van der Waals surface area contributed by atoms with Gasteiger partial charge in [0, 0.05) is 56.6 Å². The third-order valence-electron chi connectivity index (χ3n) is 15.3. The number of fused-ring (bicyclic) bond motifs is 8. The van der Waals surface area contributed by atoms with E-state index in [9.17, 15) is 0 Å². The van der Waals surface area contributed by atoms with Crippen molar-refractivity contribution in [3.8, 4) is 40.4 Å². The Kier molecular flexibility index (Phi) is 9.80. The van der Waals surface area contributed by atoms with E-state index in [-0.39, 0.29) is 21.7 Å². The Hall–Kier alpha value is -2.51. The molecule has 0 amide bonds. The molecule has 0 spiro atoms. The Labute approximate surface area is 397 Å². The Morgan fingerprint density at radius 1 is 0.516 bits per heavy atom. The summed E-state index contributed by atoms with van der Waals surface area (Å²) in [6.07, 6.45) is 0. The van der Waals surface area contributed by atoms with Gasteiger partial charge in [0.25, 0.3) is 0 Å². The van der Waals surface area contributed by atoms with Crippen molar-refractivity contribution in [2.75, 3.05) is 0 Å². The van der Waals surface area contributed by atoms with Crippen LogP contribution >= 0.6 is 78.5 Å². The van der Waals surface area contributed by atoms with Crippen molar-refractivity contribution < 1.29 is 0 Å². The number of aromatic nitrogens is 4. The van der Waals surface area contributed by atoms with Crippen LogP contribution < -0.4 is 0 Å². The van der Waals surface area contributed by atoms with Crippen molar-refractivity contribution >= 4 is 131 Å². The highest BCUT2D eigenvalue weighted by Gasteiger charge is 2.47. The summed E-state index contributed by atoms with van der Waals surface area (Å²) in [6, 6.07) is 17.9. The lowest BCUT2D eigenvalue weighted by molar-refractivity contribution is 0.310. The van der Waals surface area contributed by atoms with E-state index in [4.69, 9.17) is 47.4 Å². The topological polar surface area (TPSA) is 51.6 Å². The second-order valence-electron chi connectivity index (χ2n) is 20.1. The third kappa shape index (κ3) is 5.89. The Morgan fingerprint density at radius 2 is 0.984 bits per heavy atom. The predicted molar refractivity (Wildman–Crippen MR) is 278 cm³/mol. The minimum atomic E-state index is -2.13. The molecule has 0 fully saturated rings. The fraction of sp³-hybridized carbons (Fsp3) is 0.404. The third-order valence-corrected chi connectivity index (χ3v) is 24.3. The summed E-state index contributed by atoms with van der Waals surface area (Å²) < 4.78 is 19.5. The summed E-state index contributed by atoms with van der Waals surface area (Å²) in [5, 5.41) is -1.12. The van der Waals surface area contributed by atoms with Crippen LogP contribution in [0.15, 0.2) is 58.3 Å². The first-order valence-corrected chi connectivity index (χ1v) is 27.5. The van der Waals surface area contributed by atoms with Crippen LogP contribution in [-0.2, 0) is 26.9 Å². The van der Waals surface area contributed by atoms with Gasteiger partial charge < -0.3 is 0 Å². The first kappa shape index (κ1) is 43.4. The summed E-state index contributed by atoms with van der Waals surface area (Å²) >= 11 is 9.74. The van der Waals surface area contributed by atoms with Gasteiger partial charge in [-0.25, -0.2) is 0 Å². The quantitative estimate of drug-likeness (QED) is 0.135. The highest BCUT2D eigenvalue weighted by Crippen LogP contribution is 2.71. The number of hydrogen-bond acceptors (Lipinski definition) is 10. The summed E-state index contributed by atoms with van der Waals surface area (Å²) in [5.74, 6) is 0.934. The van der Waals surface area contributed by atoms with Crippen LogP contribution in [0.3, 0.4) is 0 Å². The molecule has 1 aliphatic carbocycles. The molecule has 0 saturated heterocycles. The second kappa shape index (κ2) is 14.0. The van der Waals surface area contributed by atoms with Gasteiger partial charge >= 0.3 is 0 Å². The average molecular weight is 935 g/mol. The van der Waals surface area contributed by atoms with E-state index in [1.54, 1.807) is 22.7 Å². The molecule has 2 aliphatic rings. The average Bonchev–Trinajstić information content (AvgIpc) is 4.04. The van der Waals surface area contributed by atoms with Crippen LogP contribution in [0.25, 0.3) is 62.5 Å². The molecular weight excluding hydrogens is 888 g/mol. The lowest BCUT2D eigenvalue weighted by Crippen LogP contribution is -2.40. The molecule has 0 bridgehead atoms. The van der Waals surface area contributed by atoms with Crippen molar-refractivity contribution in [2.24, 2.45) is 11.8 Å². The van der Waals surface area contributed by atoms with Crippen molar-refractivity contribution in [2.45, 2.75) is 120 Å². The maximum atomic E-state index is 7.15. The van der Waals surface area contributed by atoms with Crippen LogP contribution in [0.2, 0.25) is 0 Å². The highest BCUT2D eigenvalue weighted by atomic mass is 32.3. The molecule has 7 heterocycles. The molecular formula is C47H46B4N4S7. The first-order chi connectivity index (χ1) is 28.9. The summed E-state index contributed by atoms with van der Waals surface area (Å²) in [6.45, 7) is 27.6. The number of benzene rings is 2. The van der Waals surface area contributed by atoms with Gasteiger partial charge in [-0.3, -0.25) is 9.73 Å². The monoisotopic (exact) mass is 934 g/mol. The lowest BCUT2D eigenvalue weighted by Gasteiger charge is -2.42. The van der Waals surface area contributed by atoms with Crippen LogP contribution in [0.1, 0.15) is 115 Å². The minimum Gasteiger partial charge on any atom is -0.269 e. The van der Waals surface area contributed by atoms with Crippen molar-refractivity contribution in [1.82, 2.24) is 17.5 Å². The Balaban J connectivity index is 0.998. The molecule has 62 heavy (non-hydrogen) atoms. The Morgan fingerprint density at radius 3 is 1.60 bits per heavy atom. The SMILES string of the molecule is [B]C1([B])c2cc(-c3ccc(C(C)(C)C(C)C)c4nsnc34)sc2-c2sc(C(C)(C)C(C)(C)c3ccc(-c4cc5c(s4)-c4sc(C(C)(C)C(C)C)cc4S5([B])[B])c4nsnc34)cc21. The maximum absolute atomic E-state index is 7.15. The van der Waals surface area contributed by atoms with Gasteiger partial charge in [0.2, 0.25) is 0 Å². The molecule has 6 aromatic heterocycles. The normalized spacial score (nSPS) is 16.4. The molecule has 0 N–H and O–H groups in total. The fourth-order valence-corrected chi connectivity index (χ4v) is 18.5. The van der Waals surface area contributed by atoms with E-state index < -0.39 is 14.9 Å². The highest BCUT2D eigenvalue weighted by molar-refractivity contribution is 8.64. The van der Waals surface area contributed by atoms with Crippen molar-refractivity contribution in [3.05, 3.63) is 80.5 Å². The molecule has 1 aliphatic heterocycles. The molecule has 0 atom stereocenters. The molecule has 0 saturated carbocycles. The minimum absolute atomic E-state index is 0.0304. The van der Waals surface area contributed by atoms with E-state index in [1.165, 1.54) is 48.5 Å². The van der Waals surface area contributed by atoms with E-state index in [1.807, 2.05) is 22.7 Å². The molecule has 8 aromatic rings. The standard InChI is InChI=1S/C47H46B4N4S7/c1-21(2)43(5,6)25-15-13-23(35-37(25)54-60-52-35)29-17-27-39(56-29)40-28(47(27,48)49)18-34(59-40)46(11,12)45(9,10)26-16-14-24(36-38(26)55-61-53-36)30-19-31-41(57-30)42-32(62(31,50)51)20-33(58-42)44(7,8)22(3)4/h13-22H,1-12H3.